The second-order valence-corrected chi connectivity index (χ2v) is 3.32. The Hall–Kier alpha value is 0.140. The van der Waals surface area contributed by atoms with E-state index in [-0.39, 0.29) is 5.83 Å². The molecule has 0 nitrogen and oxygen atoms in total. The Bertz CT molecular complexity index is 137. The van der Waals surface area contributed by atoms with Crippen molar-refractivity contribution in [1.29, 1.82) is 0 Å². The number of hydrogen-bond donors (Lipinski definition) is 0. The Kier molecular flexibility index (Phi) is 2.05. The smallest absolute Gasteiger partial charge is 0.101 e. The zero-order chi connectivity index (χ0) is 5.98. The van der Waals surface area contributed by atoms with Gasteiger partial charge in [0.1, 0.15) is 5.83 Å². The maximum Gasteiger partial charge on any atom is 0.101 e. The van der Waals surface area contributed by atoms with Crippen molar-refractivity contribution in [3.8, 4) is 0 Å². The SMILES string of the molecule is FC1=CC=CC(I)C1. The predicted molar refractivity (Wildman–Crippen MR) is 40.8 cm³/mol. The Balaban J connectivity index is 2.59. The summed E-state index contributed by atoms with van der Waals surface area (Å²) in [5.41, 5.74) is 0. The second-order valence-electron chi connectivity index (χ2n) is 1.72. The molecular weight excluding hydrogens is 218 g/mol. The summed E-state index contributed by atoms with van der Waals surface area (Å²) in [6.07, 6.45) is 5.83. The molecule has 0 aromatic heterocycles. The van der Waals surface area contributed by atoms with Crippen molar-refractivity contribution >= 4 is 22.6 Å². The van der Waals surface area contributed by atoms with Crippen LogP contribution in [0, 0.1) is 0 Å². The highest BCUT2D eigenvalue weighted by atomic mass is 127. The minimum atomic E-state index is -0.00750. The van der Waals surface area contributed by atoms with Crippen molar-refractivity contribution in [2.24, 2.45) is 0 Å². The Labute approximate surface area is 61.6 Å². The standard InChI is InChI=1S/C6H6FI/c7-5-2-1-3-6(8)4-5/h1-3,6H,4H2. The molecule has 8 heavy (non-hydrogen) atoms. The van der Waals surface area contributed by atoms with Crippen LogP contribution in [0.2, 0.25) is 0 Å². The van der Waals surface area contributed by atoms with Gasteiger partial charge in [-0.15, -0.1) is 0 Å². The molecule has 1 atom stereocenters. The van der Waals surface area contributed by atoms with Crippen molar-refractivity contribution in [1.82, 2.24) is 0 Å². The van der Waals surface area contributed by atoms with Crippen LogP contribution in [0.1, 0.15) is 6.42 Å². The van der Waals surface area contributed by atoms with E-state index in [1.165, 1.54) is 6.08 Å². The number of allylic oxidation sites excluding steroid dienone is 4. The Morgan fingerprint density at radius 1 is 1.75 bits per heavy atom. The van der Waals surface area contributed by atoms with Crippen molar-refractivity contribution in [3.05, 3.63) is 24.1 Å². The number of rotatable bonds is 0. The maximum absolute atomic E-state index is 12.2. The first-order chi connectivity index (χ1) is 3.79. The van der Waals surface area contributed by atoms with Crippen molar-refractivity contribution in [3.63, 3.8) is 0 Å². The molecule has 0 N–H and O–H groups in total. The molecule has 0 heterocycles. The van der Waals surface area contributed by atoms with E-state index >= 15 is 0 Å². The summed E-state index contributed by atoms with van der Waals surface area (Å²) in [4.78, 5) is 0. The average molecular weight is 224 g/mol. The lowest BCUT2D eigenvalue weighted by atomic mass is 10.2. The number of halogens is 2. The second kappa shape index (κ2) is 2.62. The number of alkyl halides is 1. The summed E-state index contributed by atoms with van der Waals surface area (Å²) in [6, 6.07) is 0. The molecule has 0 aliphatic heterocycles. The normalized spacial score (nSPS) is 27.8. The third kappa shape index (κ3) is 1.58. The van der Waals surface area contributed by atoms with Gasteiger partial charge in [0.25, 0.3) is 0 Å². The molecule has 1 aliphatic carbocycles. The molecule has 0 fully saturated rings. The van der Waals surface area contributed by atoms with Gasteiger partial charge >= 0.3 is 0 Å². The first-order valence-electron chi connectivity index (χ1n) is 2.46. The van der Waals surface area contributed by atoms with Crippen LogP contribution < -0.4 is 0 Å². The van der Waals surface area contributed by atoms with E-state index in [4.69, 9.17) is 0 Å². The third-order valence-corrected chi connectivity index (χ3v) is 1.84. The lowest BCUT2D eigenvalue weighted by molar-refractivity contribution is 0.594. The third-order valence-electron chi connectivity index (χ3n) is 0.987. The van der Waals surface area contributed by atoms with Crippen LogP contribution in [0.3, 0.4) is 0 Å². The van der Waals surface area contributed by atoms with Gasteiger partial charge in [-0.25, -0.2) is 4.39 Å². The molecule has 0 spiro atoms. The highest BCUT2D eigenvalue weighted by Crippen LogP contribution is 2.19. The highest BCUT2D eigenvalue weighted by molar-refractivity contribution is 14.1. The Morgan fingerprint density at radius 2 is 2.50 bits per heavy atom. The van der Waals surface area contributed by atoms with Crippen LogP contribution >= 0.6 is 22.6 Å². The minimum Gasteiger partial charge on any atom is -0.212 e. The van der Waals surface area contributed by atoms with E-state index in [9.17, 15) is 4.39 Å². The van der Waals surface area contributed by atoms with Gasteiger partial charge in [-0.05, 0) is 6.08 Å². The zero-order valence-corrected chi connectivity index (χ0v) is 6.43. The van der Waals surface area contributed by atoms with E-state index in [0.29, 0.717) is 10.3 Å². The van der Waals surface area contributed by atoms with Crippen LogP contribution in [0.4, 0.5) is 4.39 Å². The molecule has 2 heteroatoms. The summed E-state index contributed by atoms with van der Waals surface area (Å²) in [5.74, 6) is -0.00750. The fourth-order valence-electron chi connectivity index (χ4n) is 0.603. The molecule has 0 saturated carbocycles. The minimum absolute atomic E-state index is 0.00750. The van der Waals surface area contributed by atoms with Gasteiger partial charge in [0.05, 0.1) is 0 Å². The van der Waals surface area contributed by atoms with E-state index < -0.39 is 0 Å². The molecule has 1 rings (SSSR count). The van der Waals surface area contributed by atoms with Gasteiger partial charge in [0.15, 0.2) is 0 Å². The zero-order valence-electron chi connectivity index (χ0n) is 4.27. The predicted octanol–water partition coefficient (Wildman–Crippen LogP) is 2.60. The maximum atomic E-state index is 12.2. The molecule has 0 radical (unpaired) electrons. The largest absolute Gasteiger partial charge is 0.212 e. The van der Waals surface area contributed by atoms with Gasteiger partial charge in [-0.2, -0.15) is 0 Å². The summed E-state index contributed by atoms with van der Waals surface area (Å²) >= 11 is 2.20. The van der Waals surface area contributed by atoms with E-state index in [0.717, 1.165) is 0 Å². The van der Waals surface area contributed by atoms with Crippen molar-refractivity contribution < 1.29 is 4.39 Å². The average Bonchev–Trinajstić information content (AvgIpc) is 1.64. The van der Waals surface area contributed by atoms with Gasteiger partial charge in [-0.3, -0.25) is 0 Å². The van der Waals surface area contributed by atoms with Gasteiger partial charge in [0, 0.05) is 10.3 Å². The van der Waals surface area contributed by atoms with Crippen LogP contribution in [-0.2, 0) is 0 Å². The first-order valence-corrected chi connectivity index (χ1v) is 3.70. The Morgan fingerprint density at radius 3 is 2.88 bits per heavy atom. The number of hydrogen-bond acceptors (Lipinski definition) is 0. The molecular formula is C6H6FI. The molecule has 44 valence electrons. The van der Waals surface area contributed by atoms with E-state index in [2.05, 4.69) is 22.6 Å². The fraction of sp³-hybridized carbons (Fsp3) is 0.333. The lowest BCUT2D eigenvalue weighted by Gasteiger charge is -2.04. The summed E-state index contributed by atoms with van der Waals surface area (Å²) in [7, 11) is 0. The first kappa shape index (κ1) is 6.26. The van der Waals surface area contributed by atoms with Crippen LogP contribution in [-0.4, -0.2) is 3.92 Å². The molecule has 0 saturated heterocycles. The van der Waals surface area contributed by atoms with Crippen LogP contribution in [0.5, 0.6) is 0 Å². The van der Waals surface area contributed by atoms with Crippen molar-refractivity contribution in [2.75, 3.05) is 0 Å². The van der Waals surface area contributed by atoms with Gasteiger partial charge < -0.3 is 0 Å². The van der Waals surface area contributed by atoms with Gasteiger partial charge in [0.2, 0.25) is 0 Å². The van der Waals surface area contributed by atoms with Crippen molar-refractivity contribution in [2.45, 2.75) is 10.3 Å². The van der Waals surface area contributed by atoms with E-state index in [1.807, 2.05) is 6.08 Å². The summed E-state index contributed by atoms with van der Waals surface area (Å²) in [6.45, 7) is 0. The molecule has 0 aromatic carbocycles. The molecule has 1 aliphatic rings. The monoisotopic (exact) mass is 224 g/mol. The van der Waals surface area contributed by atoms with Gasteiger partial charge in [-0.1, -0.05) is 34.7 Å². The molecule has 1 unspecified atom stereocenters. The van der Waals surface area contributed by atoms with E-state index in [1.54, 1.807) is 6.08 Å². The van der Waals surface area contributed by atoms with Crippen LogP contribution in [0.15, 0.2) is 24.1 Å². The highest BCUT2D eigenvalue weighted by Gasteiger charge is 2.05. The quantitative estimate of drug-likeness (QED) is 0.438. The molecule has 0 amide bonds. The fourth-order valence-corrected chi connectivity index (χ4v) is 1.26. The summed E-state index contributed by atoms with van der Waals surface area (Å²) < 4.78 is 12.6. The summed E-state index contributed by atoms with van der Waals surface area (Å²) in [5, 5.41) is 0. The molecule has 0 aromatic rings. The lowest BCUT2D eigenvalue weighted by Crippen LogP contribution is -1.95. The molecule has 0 bridgehead atoms. The topological polar surface area (TPSA) is 0 Å². The van der Waals surface area contributed by atoms with Crippen LogP contribution in [0.25, 0.3) is 0 Å².